The topological polar surface area (TPSA) is 72.5 Å². The van der Waals surface area contributed by atoms with E-state index in [9.17, 15) is 9.90 Å². The Morgan fingerprint density at radius 1 is 1.44 bits per heavy atom. The van der Waals surface area contributed by atoms with Gasteiger partial charge in [-0.2, -0.15) is 0 Å². The Balaban J connectivity index is 2.41. The molecular weight excluding hydrogens is 230 g/mol. The van der Waals surface area contributed by atoms with Gasteiger partial charge in [0.15, 0.2) is 0 Å². The summed E-state index contributed by atoms with van der Waals surface area (Å²) in [4.78, 5) is 11.4. The van der Waals surface area contributed by atoms with Crippen LogP contribution in [0.4, 0.5) is 0 Å². The van der Waals surface area contributed by atoms with Gasteiger partial charge in [-0.1, -0.05) is 25.5 Å². The van der Waals surface area contributed by atoms with Crippen LogP contribution < -0.4 is 5.73 Å². The van der Waals surface area contributed by atoms with Crippen molar-refractivity contribution < 1.29 is 14.6 Å². The monoisotopic (exact) mass is 251 g/mol. The average molecular weight is 251 g/mol. The number of aromatic hydroxyl groups is 1. The summed E-state index contributed by atoms with van der Waals surface area (Å²) in [5.74, 6) is 0.0256. The summed E-state index contributed by atoms with van der Waals surface area (Å²) in [5.41, 5.74) is 7.19. The highest BCUT2D eigenvalue weighted by molar-refractivity contribution is 5.69. The fourth-order valence-corrected chi connectivity index (χ4v) is 1.61. The third-order valence-electron chi connectivity index (χ3n) is 2.74. The molecule has 0 atom stereocenters. The third kappa shape index (κ3) is 4.75. The molecule has 0 unspecified atom stereocenters. The number of carbonyl (C=O) groups excluding carboxylic acids is 1. The number of hydrogen-bond donors (Lipinski definition) is 2. The average Bonchev–Trinajstić information content (AvgIpc) is 2.38. The minimum atomic E-state index is -0.175. The van der Waals surface area contributed by atoms with Gasteiger partial charge in [0.2, 0.25) is 0 Å². The van der Waals surface area contributed by atoms with Crippen LogP contribution in [0.2, 0.25) is 0 Å². The highest BCUT2D eigenvalue weighted by atomic mass is 16.5. The maximum atomic E-state index is 11.4. The molecule has 1 aromatic carbocycles. The zero-order chi connectivity index (χ0) is 13.4. The van der Waals surface area contributed by atoms with Gasteiger partial charge in [0, 0.05) is 18.5 Å². The molecule has 4 heteroatoms. The minimum Gasteiger partial charge on any atom is -0.508 e. The molecule has 0 saturated carbocycles. The molecule has 1 aromatic rings. The lowest BCUT2D eigenvalue weighted by Gasteiger charge is -2.06. The molecule has 0 heterocycles. The SMILES string of the molecule is CCCCOC(=O)CCc1ccc(O)c(CN)c1. The second-order valence-corrected chi connectivity index (χ2v) is 4.24. The van der Waals surface area contributed by atoms with Crippen molar-refractivity contribution in [2.75, 3.05) is 6.61 Å². The fraction of sp³-hybridized carbons (Fsp3) is 0.500. The number of rotatable bonds is 7. The molecule has 0 aliphatic heterocycles. The first-order valence-electron chi connectivity index (χ1n) is 6.33. The largest absolute Gasteiger partial charge is 0.508 e. The van der Waals surface area contributed by atoms with Gasteiger partial charge in [0.05, 0.1) is 6.61 Å². The molecule has 0 fully saturated rings. The van der Waals surface area contributed by atoms with Crippen LogP contribution in [-0.2, 0) is 22.5 Å². The fourth-order valence-electron chi connectivity index (χ4n) is 1.61. The van der Waals surface area contributed by atoms with Crippen molar-refractivity contribution in [1.29, 1.82) is 0 Å². The molecule has 1 rings (SSSR count). The molecule has 3 N–H and O–H groups in total. The Bertz CT molecular complexity index is 391. The predicted octanol–water partition coefficient (Wildman–Crippen LogP) is 2.13. The minimum absolute atomic E-state index is 0.175. The van der Waals surface area contributed by atoms with Gasteiger partial charge in [0.1, 0.15) is 5.75 Å². The lowest BCUT2D eigenvalue weighted by Crippen LogP contribution is -2.07. The zero-order valence-electron chi connectivity index (χ0n) is 10.8. The molecule has 0 bridgehead atoms. The summed E-state index contributed by atoms with van der Waals surface area (Å²) in [6.07, 6.45) is 2.89. The highest BCUT2D eigenvalue weighted by Gasteiger charge is 2.05. The van der Waals surface area contributed by atoms with Gasteiger partial charge < -0.3 is 15.6 Å². The molecule has 0 aromatic heterocycles. The molecule has 18 heavy (non-hydrogen) atoms. The quantitative estimate of drug-likeness (QED) is 0.575. The van der Waals surface area contributed by atoms with Crippen LogP contribution in [-0.4, -0.2) is 17.7 Å². The van der Waals surface area contributed by atoms with Crippen molar-refractivity contribution in [3.63, 3.8) is 0 Å². The van der Waals surface area contributed by atoms with Crippen LogP contribution in [0.3, 0.4) is 0 Å². The van der Waals surface area contributed by atoms with Gasteiger partial charge in [-0.3, -0.25) is 4.79 Å². The van der Waals surface area contributed by atoms with E-state index in [0.717, 1.165) is 18.4 Å². The molecule has 0 radical (unpaired) electrons. The van der Waals surface area contributed by atoms with Crippen LogP contribution in [0.15, 0.2) is 18.2 Å². The normalized spacial score (nSPS) is 10.3. The van der Waals surface area contributed by atoms with Gasteiger partial charge in [0.25, 0.3) is 0 Å². The van der Waals surface area contributed by atoms with Crippen LogP contribution in [0, 0.1) is 0 Å². The van der Waals surface area contributed by atoms with E-state index in [-0.39, 0.29) is 11.7 Å². The Morgan fingerprint density at radius 3 is 2.89 bits per heavy atom. The third-order valence-corrected chi connectivity index (χ3v) is 2.74. The van der Waals surface area contributed by atoms with Crippen molar-refractivity contribution in [1.82, 2.24) is 0 Å². The second-order valence-electron chi connectivity index (χ2n) is 4.24. The number of phenols is 1. The lowest BCUT2D eigenvalue weighted by molar-refractivity contribution is -0.143. The summed E-state index contributed by atoms with van der Waals surface area (Å²) >= 11 is 0. The predicted molar refractivity (Wildman–Crippen MR) is 70.2 cm³/mol. The molecule has 0 saturated heterocycles. The molecular formula is C14H21NO3. The summed E-state index contributed by atoms with van der Waals surface area (Å²) in [6, 6.07) is 5.24. The zero-order valence-corrected chi connectivity index (χ0v) is 10.8. The maximum absolute atomic E-state index is 11.4. The second kappa shape index (κ2) is 7.71. The van der Waals surface area contributed by atoms with Crippen molar-refractivity contribution in [2.24, 2.45) is 5.73 Å². The molecule has 0 spiro atoms. The standard InChI is InChI=1S/C14H21NO3/c1-2-3-8-18-14(17)7-5-11-4-6-13(16)12(9-11)10-15/h4,6,9,16H,2-3,5,7-8,10,15H2,1H3. The number of benzene rings is 1. The number of nitrogens with two attached hydrogens (primary N) is 1. The first-order chi connectivity index (χ1) is 8.67. The van der Waals surface area contributed by atoms with Gasteiger partial charge >= 0.3 is 5.97 Å². The van der Waals surface area contributed by atoms with E-state index in [1.165, 1.54) is 0 Å². The van der Waals surface area contributed by atoms with E-state index in [2.05, 4.69) is 6.92 Å². The summed E-state index contributed by atoms with van der Waals surface area (Å²) in [7, 11) is 0. The molecule has 0 aliphatic carbocycles. The van der Waals surface area contributed by atoms with Crippen LogP contribution in [0.5, 0.6) is 5.75 Å². The van der Waals surface area contributed by atoms with E-state index < -0.39 is 0 Å². The number of phenolic OH excluding ortho intramolecular Hbond substituents is 1. The van der Waals surface area contributed by atoms with Crippen LogP contribution >= 0.6 is 0 Å². The molecule has 100 valence electrons. The Labute approximate surface area is 108 Å². The van der Waals surface area contributed by atoms with Crippen molar-refractivity contribution in [3.8, 4) is 5.75 Å². The van der Waals surface area contributed by atoms with Crippen molar-refractivity contribution >= 4 is 5.97 Å². The van der Waals surface area contributed by atoms with Crippen molar-refractivity contribution in [2.45, 2.75) is 39.2 Å². The lowest BCUT2D eigenvalue weighted by atomic mass is 10.1. The number of hydrogen-bond acceptors (Lipinski definition) is 4. The van der Waals surface area contributed by atoms with E-state index >= 15 is 0 Å². The van der Waals surface area contributed by atoms with E-state index in [0.29, 0.717) is 31.6 Å². The number of unbranched alkanes of at least 4 members (excludes halogenated alkanes) is 1. The molecule has 0 amide bonds. The molecule has 4 nitrogen and oxygen atoms in total. The Hall–Kier alpha value is -1.55. The molecule has 0 aliphatic rings. The van der Waals surface area contributed by atoms with Gasteiger partial charge in [-0.25, -0.2) is 0 Å². The summed E-state index contributed by atoms with van der Waals surface area (Å²) < 4.78 is 5.07. The van der Waals surface area contributed by atoms with E-state index in [1.54, 1.807) is 12.1 Å². The summed E-state index contributed by atoms with van der Waals surface area (Å²) in [6.45, 7) is 2.85. The van der Waals surface area contributed by atoms with Gasteiger partial charge in [-0.15, -0.1) is 0 Å². The highest BCUT2D eigenvalue weighted by Crippen LogP contribution is 2.18. The van der Waals surface area contributed by atoms with Crippen molar-refractivity contribution in [3.05, 3.63) is 29.3 Å². The van der Waals surface area contributed by atoms with E-state index in [1.807, 2.05) is 6.07 Å². The van der Waals surface area contributed by atoms with Crippen LogP contribution in [0.25, 0.3) is 0 Å². The van der Waals surface area contributed by atoms with E-state index in [4.69, 9.17) is 10.5 Å². The smallest absolute Gasteiger partial charge is 0.306 e. The number of aryl methyl sites for hydroxylation is 1. The Kier molecular flexibility index (Phi) is 6.22. The number of ether oxygens (including phenoxy) is 1. The first kappa shape index (κ1) is 14.5. The first-order valence-corrected chi connectivity index (χ1v) is 6.33. The maximum Gasteiger partial charge on any atom is 0.306 e. The van der Waals surface area contributed by atoms with Crippen LogP contribution in [0.1, 0.15) is 37.3 Å². The number of carbonyl (C=O) groups is 1. The van der Waals surface area contributed by atoms with Gasteiger partial charge in [-0.05, 0) is 24.5 Å². The number of esters is 1. The summed E-state index contributed by atoms with van der Waals surface area (Å²) in [5, 5.41) is 9.48. The Morgan fingerprint density at radius 2 is 2.22 bits per heavy atom.